The molecule has 0 atom stereocenters. The lowest BCUT2D eigenvalue weighted by Gasteiger charge is -2.35. The second-order valence-corrected chi connectivity index (χ2v) is 8.78. The van der Waals surface area contributed by atoms with Crippen molar-refractivity contribution < 1.29 is 4.79 Å². The van der Waals surface area contributed by atoms with Gasteiger partial charge < -0.3 is 4.90 Å². The highest BCUT2D eigenvalue weighted by molar-refractivity contribution is 7.99. The van der Waals surface area contributed by atoms with Gasteiger partial charge in [-0.2, -0.15) is 0 Å². The van der Waals surface area contributed by atoms with Crippen molar-refractivity contribution in [3.8, 4) is 11.4 Å². The van der Waals surface area contributed by atoms with Crippen molar-refractivity contribution in [2.75, 3.05) is 5.75 Å². The fourth-order valence-corrected chi connectivity index (χ4v) is 3.52. The molecule has 0 aliphatic heterocycles. The zero-order chi connectivity index (χ0) is 20.1. The SMILES string of the molecule is CC(C)(C)N(Cc1ccccc1)C(=O)CSc1n[nH]c(-c2ccc(Cl)cc2)n1. The smallest absolute Gasteiger partial charge is 0.233 e. The highest BCUT2D eigenvalue weighted by atomic mass is 35.5. The van der Waals surface area contributed by atoms with E-state index in [1.807, 2.05) is 68.1 Å². The average Bonchev–Trinajstić information content (AvgIpc) is 3.14. The van der Waals surface area contributed by atoms with E-state index in [0.717, 1.165) is 11.1 Å². The first kappa shape index (κ1) is 20.4. The van der Waals surface area contributed by atoms with Gasteiger partial charge >= 0.3 is 0 Å². The third-order valence-electron chi connectivity index (χ3n) is 4.20. The Morgan fingerprint density at radius 1 is 1.11 bits per heavy atom. The van der Waals surface area contributed by atoms with Crippen LogP contribution in [0.2, 0.25) is 5.02 Å². The average molecular weight is 415 g/mol. The van der Waals surface area contributed by atoms with E-state index in [9.17, 15) is 4.79 Å². The van der Waals surface area contributed by atoms with Crippen molar-refractivity contribution in [2.45, 2.75) is 38.0 Å². The Kier molecular flexibility index (Phi) is 6.42. The van der Waals surface area contributed by atoms with Gasteiger partial charge in [-0.15, -0.1) is 5.10 Å². The number of hydrogen-bond donors (Lipinski definition) is 1. The molecule has 0 radical (unpaired) electrons. The fourth-order valence-electron chi connectivity index (χ4n) is 2.72. The third kappa shape index (κ3) is 5.36. The van der Waals surface area contributed by atoms with E-state index in [1.165, 1.54) is 11.8 Å². The fraction of sp³-hybridized carbons (Fsp3) is 0.286. The second-order valence-electron chi connectivity index (χ2n) is 7.40. The van der Waals surface area contributed by atoms with E-state index in [1.54, 1.807) is 12.1 Å². The number of nitrogens with zero attached hydrogens (tertiary/aromatic N) is 3. The zero-order valence-electron chi connectivity index (χ0n) is 16.1. The number of carbonyl (C=O) groups is 1. The number of aromatic nitrogens is 3. The first-order chi connectivity index (χ1) is 13.3. The molecule has 5 nitrogen and oxygen atoms in total. The van der Waals surface area contributed by atoms with Gasteiger partial charge in [0.1, 0.15) is 0 Å². The maximum atomic E-state index is 12.9. The maximum Gasteiger partial charge on any atom is 0.233 e. The Balaban J connectivity index is 1.65. The van der Waals surface area contributed by atoms with Gasteiger partial charge in [0.25, 0.3) is 0 Å². The summed E-state index contributed by atoms with van der Waals surface area (Å²) in [5, 5.41) is 8.35. The lowest BCUT2D eigenvalue weighted by atomic mass is 10.0. The van der Waals surface area contributed by atoms with Crippen LogP contribution in [0.1, 0.15) is 26.3 Å². The van der Waals surface area contributed by atoms with Gasteiger partial charge in [-0.25, -0.2) is 4.98 Å². The molecule has 146 valence electrons. The molecule has 1 heterocycles. The maximum absolute atomic E-state index is 12.9. The molecule has 3 rings (SSSR count). The predicted octanol–water partition coefficient (Wildman–Crippen LogP) is 5.04. The van der Waals surface area contributed by atoms with E-state index < -0.39 is 0 Å². The van der Waals surface area contributed by atoms with Gasteiger partial charge in [0.15, 0.2) is 5.82 Å². The summed E-state index contributed by atoms with van der Waals surface area (Å²) in [7, 11) is 0. The number of H-pyrrole nitrogens is 1. The molecule has 0 saturated heterocycles. The number of halogens is 1. The minimum atomic E-state index is -0.277. The molecule has 28 heavy (non-hydrogen) atoms. The molecule has 1 amide bonds. The molecule has 7 heteroatoms. The number of rotatable bonds is 6. The molecule has 0 aliphatic rings. The van der Waals surface area contributed by atoms with E-state index >= 15 is 0 Å². The summed E-state index contributed by atoms with van der Waals surface area (Å²) < 4.78 is 0. The molecule has 1 aromatic heterocycles. The first-order valence-corrected chi connectivity index (χ1v) is 10.3. The van der Waals surface area contributed by atoms with Gasteiger partial charge in [-0.05, 0) is 50.6 Å². The van der Waals surface area contributed by atoms with Crippen molar-refractivity contribution in [1.29, 1.82) is 0 Å². The van der Waals surface area contributed by atoms with Crippen molar-refractivity contribution in [3.05, 3.63) is 65.2 Å². The normalized spacial score (nSPS) is 11.4. The summed E-state index contributed by atoms with van der Waals surface area (Å²) >= 11 is 7.25. The highest BCUT2D eigenvalue weighted by Crippen LogP contribution is 2.23. The standard InChI is InChI=1S/C21H23ClN4OS/c1-21(2,3)26(13-15-7-5-4-6-8-15)18(27)14-28-20-23-19(24-25-20)16-9-11-17(22)12-10-16/h4-12H,13-14H2,1-3H3,(H,23,24,25). The number of nitrogens with one attached hydrogen (secondary N) is 1. The topological polar surface area (TPSA) is 61.9 Å². The van der Waals surface area contributed by atoms with Gasteiger partial charge in [-0.3, -0.25) is 9.89 Å². The molecule has 0 saturated carbocycles. The van der Waals surface area contributed by atoms with Crippen LogP contribution in [0.5, 0.6) is 0 Å². The van der Waals surface area contributed by atoms with Crippen molar-refractivity contribution in [3.63, 3.8) is 0 Å². The molecule has 0 bridgehead atoms. The summed E-state index contributed by atoms with van der Waals surface area (Å²) in [4.78, 5) is 19.3. The van der Waals surface area contributed by atoms with Crippen LogP contribution in [-0.4, -0.2) is 37.3 Å². The molecule has 3 aromatic rings. The Morgan fingerprint density at radius 3 is 2.43 bits per heavy atom. The molecule has 0 unspecified atom stereocenters. The van der Waals surface area contributed by atoms with Gasteiger partial charge in [-0.1, -0.05) is 53.7 Å². The Hall–Kier alpha value is -2.31. The summed E-state index contributed by atoms with van der Waals surface area (Å²) in [6.07, 6.45) is 0. The lowest BCUT2D eigenvalue weighted by molar-refractivity contribution is -0.133. The number of carbonyl (C=O) groups excluding carboxylic acids is 1. The number of thioether (sulfide) groups is 1. The van der Waals surface area contributed by atoms with Crippen LogP contribution < -0.4 is 0 Å². The van der Waals surface area contributed by atoms with Crippen LogP contribution in [0, 0.1) is 0 Å². The number of amides is 1. The van der Waals surface area contributed by atoms with E-state index in [2.05, 4.69) is 15.2 Å². The molecule has 0 spiro atoms. The van der Waals surface area contributed by atoms with Gasteiger partial charge in [0, 0.05) is 22.7 Å². The second kappa shape index (κ2) is 8.80. The molecule has 0 aliphatic carbocycles. The summed E-state index contributed by atoms with van der Waals surface area (Å²) in [5.74, 6) is 0.991. The molecular weight excluding hydrogens is 392 g/mol. The molecule has 2 aromatic carbocycles. The largest absolute Gasteiger partial charge is 0.333 e. The minimum Gasteiger partial charge on any atom is -0.333 e. The van der Waals surface area contributed by atoms with E-state index in [0.29, 0.717) is 22.5 Å². The number of hydrogen-bond acceptors (Lipinski definition) is 4. The summed E-state index contributed by atoms with van der Waals surface area (Å²) in [5.41, 5.74) is 1.73. The van der Waals surface area contributed by atoms with Crippen LogP contribution in [0.25, 0.3) is 11.4 Å². The van der Waals surface area contributed by atoms with Gasteiger partial charge in [0.2, 0.25) is 11.1 Å². The van der Waals surface area contributed by atoms with Crippen LogP contribution in [0.15, 0.2) is 59.8 Å². The Morgan fingerprint density at radius 2 is 1.79 bits per heavy atom. The minimum absolute atomic E-state index is 0.0548. The lowest BCUT2D eigenvalue weighted by Crippen LogP contribution is -2.45. The quantitative estimate of drug-likeness (QED) is 0.573. The third-order valence-corrected chi connectivity index (χ3v) is 5.29. The predicted molar refractivity (Wildman–Crippen MR) is 114 cm³/mol. The highest BCUT2D eigenvalue weighted by Gasteiger charge is 2.26. The van der Waals surface area contributed by atoms with Gasteiger partial charge in [0.05, 0.1) is 5.75 Å². The summed E-state index contributed by atoms with van der Waals surface area (Å²) in [6.45, 7) is 6.71. The Bertz CT molecular complexity index is 920. The van der Waals surface area contributed by atoms with Crippen molar-refractivity contribution in [1.82, 2.24) is 20.1 Å². The molecule has 1 N–H and O–H groups in total. The number of aromatic amines is 1. The molecular formula is C21H23ClN4OS. The Labute approximate surface area is 174 Å². The van der Waals surface area contributed by atoms with Crippen LogP contribution in [-0.2, 0) is 11.3 Å². The monoisotopic (exact) mass is 414 g/mol. The molecule has 0 fully saturated rings. The van der Waals surface area contributed by atoms with Crippen molar-refractivity contribution >= 4 is 29.3 Å². The van der Waals surface area contributed by atoms with Crippen LogP contribution in [0.4, 0.5) is 0 Å². The van der Waals surface area contributed by atoms with Crippen LogP contribution >= 0.6 is 23.4 Å². The van der Waals surface area contributed by atoms with Crippen LogP contribution in [0.3, 0.4) is 0 Å². The zero-order valence-corrected chi connectivity index (χ0v) is 17.7. The first-order valence-electron chi connectivity index (χ1n) is 8.98. The van der Waals surface area contributed by atoms with E-state index in [-0.39, 0.29) is 17.2 Å². The van der Waals surface area contributed by atoms with E-state index in [4.69, 9.17) is 11.6 Å². The van der Waals surface area contributed by atoms with Crippen molar-refractivity contribution in [2.24, 2.45) is 0 Å². The number of benzene rings is 2. The summed E-state index contributed by atoms with van der Waals surface area (Å²) in [6, 6.07) is 17.4.